The van der Waals surface area contributed by atoms with Gasteiger partial charge in [-0.25, -0.2) is 4.79 Å². The minimum Gasteiger partial charge on any atom is -0.492 e. The van der Waals surface area contributed by atoms with Crippen LogP contribution in [0.2, 0.25) is 0 Å². The fraction of sp³-hybridized carbons (Fsp3) is 0.333. The van der Waals surface area contributed by atoms with Gasteiger partial charge < -0.3 is 15.4 Å². The molecule has 0 aliphatic carbocycles. The van der Waals surface area contributed by atoms with E-state index in [2.05, 4.69) is 20.8 Å². The fourth-order valence-electron chi connectivity index (χ4n) is 1.81. The van der Waals surface area contributed by atoms with Gasteiger partial charge in [0.05, 0.1) is 18.7 Å². The number of urea groups is 1. The zero-order valence-electron chi connectivity index (χ0n) is 12.9. The van der Waals surface area contributed by atoms with E-state index in [1.165, 1.54) is 11.3 Å². The normalized spacial score (nSPS) is 9.96. The molecule has 0 bridgehead atoms. The van der Waals surface area contributed by atoms with E-state index in [4.69, 9.17) is 10.00 Å². The number of rotatable bonds is 6. The molecule has 0 aliphatic heterocycles. The smallest absolute Gasteiger partial charge is 0.319 e. The molecule has 0 saturated carbocycles. The van der Waals surface area contributed by atoms with Crippen molar-refractivity contribution in [3.63, 3.8) is 0 Å². The zero-order valence-corrected chi connectivity index (χ0v) is 13.7. The van der Waals surface area contributed by atoms with Crippen molar-refractivity contribution in [2.24, 2.45) is 0 Å². The highest BCUT2D eigenvalue weighted by molar-refractivity contribution is 7.11. The lowest BCUT2D eigenvalue weighted by Gasteiger charge is -2.09. The van der Waals surface area contributed by atoms with Gasteiger partial charge in [0.2, 0.25) is 0 Å². The molecule has 0 saturated heterocycles. The molecule has 2 rings (SSSR count). The number of ether oxygens (including phenoxy) is 1. The molecule has 1 heterocycles. The van der Waals surface area contributed by atoms with E-state index < -0.39 is 0 Å². The van der Waals surface area contributed by atoms with E-state index in [9.17, 15) is 4.79 Å². The molecule has 23 heavy (non-hydrogen) atoms. The van der Waals surface area contributed by atoms with Crippen molar-refractivity contribution in [2.75, 3.05) is 11.9 Å². The average molecular weight is 331 g/mol. The molecule has 120 valence electrons. The molecule has 0 radical (unpaired) electrons. The first-order valence-corrected chi connectivity index (χ1v) is 8.01. The minimum absolute atomic E-state index is 0.311. The third-order valence-corrected chi connectivity index (χ3v) is 3.94. The molecule has 1 aromatic heterocycles. The van der Waals surface area contributed by atoms with Crippen LogP contribution in [0.25, 0.3) is 0 Å². The van der Waals surface area contributed by atoms with Gasteiger partial charge in [0.25, 0.3) is 0 Å². The molecule has 0 fully saturated rings. The lowest BCUT2D eigenvalue weighted by atomic mass is 10.2. The van der Waals surface area contributed by atoms with Crippen LogP contribution in [0.15, 0.2) is 18.2 Å². The van der Waals surface area contributed by atoms with Crippen molar-refractivity contribution in [3.05, 3.63) is 33.8 Å². The Labute approximate surface area is 138 Å². The molecule has 2 aromatic rings. The third-order valence-electron chi connectivity index (χ3n) is 2.87. The molecular formula is C15H17N5O2S. The van der Waals surface area contributed by atoms with Crippen LogP contribution in [-0.4, -0.2) is 22.8 Å². The van der Waals surface area contributed by atoms with E-state index in [-0.39, 0.29) is 6.03 Å². The highest BCUT2D eigenvalue weighted by Crippen LogP contribution is 2.22. The summed E-state index contributed by atoms with van der Waals surface area (Å²) in [6, 6.07) is 6.60. The van der Waals surface area contributed by atoms with E-state index in [1.807, 2.05) is 19.9 Å². The van der Waals surface area contributed by atoms with Gasteiger partial charge in [0.1, 0.15) is 21.8 Å². The summed E-state index contributed by atoms with van der Waals surface area (Å²) < 4.78 is 5.34. The maximum Gasteiger partial charge on any atom is 0.319 e. The van der Waals surface area contributed by atoms with Gasteiger partial charge in [-0.05, 0) is 31.5 Å². The summed E-state index contributed by atoms with van der Waals surface area (Å²) in [6.45, 7) is 4.64. The second kappa shape index (κ2) is 8.10. The third kappa shape index (κ3) is 4.66. The largest absolute Gasteiger partial charge is 0.492 e. The molecule has 0 unspecified atom stereocenters. The summed E-state index contributed by atoms with van der Waals surface area (Å²) in [6.07, 6.45) is 0.826. The quantitative estimate of drug-likeness (QED) is 0.847. The Hall–Kier alpha value is -2.66. The topological polar surface area (TPSA) is 99.9 Å². The Balaban J connectivity index is 1.93. The van der Waals surface area contributed by atoms with Crippen LogP contribution in [0.4, 0.5) is 10.5 Å². The van der Waals surface area contributed by atoms with E-state index in [0.29, 0.717) is 30.2 Å². The molecule has 8 heteroatoms. The van der Waals surface area contributed by atoms with Crippen LogP contribution in [0, 0.1) is 11.3 Å². The predicted molar refractivity (Wildman–Crippen MR) is 87.5 cm³/mol. The van der Waals surface area contributed by atoms with Gasteiger partial charge in [-0.3, -0.25) is 0 Å². The Morgan fingerprint density at radius 2 is 2.13 bits per heavy atom. The van der Waals surface area contributed by atoms with Gasteiger partial charge in [0.15, 0.2) is 0 Å². The average Bonchev–Trinajstić information content (AvgIpc) is 3.02. The highest BCUT2D eigenvalue weighted by Gasteiger charge is 2.08. The second-order valence-corrected chi connectivity index (χ2v) is 5.65. The molecule has 7 nitrogen and oxygen atoms in total. The van der Waals surface area contributed by atoms with Crippen molar-refractivity contribution in [3.8, 4) is 11.8 Å². The standard InChI is InChI=1S/C15H17N5O2S/c1-3-13-19-20-14(23-13)9-17-15(21)18-11-5-6-12(22-4-2)10(7-11)8-16/h5-7H,3-4,9H2,1-2H3,(H2,17,18,21). The van der Waals surface area contributed by atoms with Crippen molar-refractivity contribution >= 4 is 23.1 Å². The van der Waals surface area contributed by atoms with Crippen LogP contribution >= 0.6 is 11.3 Å². The van der Waals surface area contributed by atoms with Crippen molar-refractivity contribution in [1.82, 2.24) is 15.5 Å². The maximum absolute atomic E-state index is 11.9. The van der Waals surface area contributed by atoms with Crippen LogP contribution in [0.3, 0.4) is 0 Å². The zero-order chi connectivity index (χ0) is 16.7. The summed E-state index contributed by atoms with van der Waals surface area (Å²) in [7, 11) is 0. The minimum atomic E-state index is -0.369. The Kier molecular flexibility index (Phi) is 5.88. The first-order chi connectivity index (χ1) is 11.2. The molecule has 1 aromatic carbocycles. The lowest BCUT2D eigenvalue weighted by molar-refractivity contribution is 0.251. The SMILES string of the molecule is CCOc1ccc(NC(=O)NCc2nnc(CC)s2)cc1C#N. The number of hydrogen-bond donors (Lipinski definition) is 2. The van der Waals surface area contributed by atoms with Crippen molar-refractivity contribution in [2.45, 2.75) is 26.8 Å². The van der Waals surface area contributed by atoms with Crippen LogP contribution in [-0.2, 0) is 13.0 Å². The number of amides is 2. The summed E-state index contributed by atoms with van der Waals surface area (Å²) in [5.41, 5.74) is 0.898. The monoisotopic (exact) mass is 331 g/mol. The first-order valence-electron chi connectivity index (χ1n) is 7.19. The number of aromatic nitrogens is 2. The fourth-order valence-corrected chi connectivity index (χ4v) is 2.53. The Morgan fingerprint density at radius 3 is 2.78 bits per heavy atom. The van der Waals surface area contributed by atoms with Gasteiger partial charge in [-0.1, -0.05) is 18.3 Å². The molecular weight excluding hydrogens is 314 g/mol. The number of aryl methyl sites for hydroxylation is 1. The van der Waals surface area contributed by atoms with E-state index >= 15 is 0 Å². The number of anilines is 1. The number of hydrogen-bond acceptors (Lipinski definition) is 6. The van der Waals surface area contributed by atoms with Crippen molar-refractivity contribution in [1.29, 1.82) is 5.26 Å². The highest BCUT2D eigenvalue weighted by atomic mass is 32.1. The van der Waals surface area contributed by atoms with Crippen LogP contribution < -0.4 is 15.4 Å². The van der Waals surface area contributed by atoms with E-state index in [0.717, 1.165) is 16.4 Å². The molecule has 0 spiro atoms. The number of benzene rings is 1. The molecule has 0 atom stereocenters. The lowest BCUT2D eigenvalue weighted by Crippen LogP contribution is -2.28. The van der Waals surface area contributed by atoms with Crippen LogP contribution in [0.1, 0.15) is 29.4 Å². The number of carbonyl (C=O) groups excluding carboxylic acids is 1. The number of nitriles is 1. The molecule has 2 amide bonds. The van der Waals surface area contributed by atoms with Gasteiger partial charge >= 0.3 is 6.03 Å². The first kappa shape index (κ1) is 16.7. The Bertz CT molecular complexity index is 723. The Morgan fingerprint density at radius 1 is 1.35 bits per heavy atom. The molecule has 0 aliphatic rings. The second-order valence-electron chi connectivity index (χ2n) is 4.51. The summed E-state index contributed by atoms with van der Waals surface area (Å²) >= 11 is 1.47. The van der Waals surface area contributed by atoms with Gasteiger partial charge in [0, 0.05) is 5.69 Å². The van der Waals surface area contributed by atoms with Gasteiger partial charge in [-0.2, -0.15) is 5.26 Å². The predicted octanol–water partition coefficient (Wildman–Crippen LogP) is 2.69. The number of nitrogens with one attached hydrogen (secondary N) is 2. The van der Waals surface area contributed by atoms with E-state index in [1.54, 1.807) is 18.2 Å². The number of carbonyl (C=O) groups is 1. The maximum atomic E-state index is 11.9. The summed E-state index contributed by atoms with van der Waals surface area (Å²) in [4.78, 5) is 11.9. The van der Waals surface area contributed by atoms with Gasteiger partial charge in [-0.15, -0.1) is 10.2 Å². The summed E-state index contributed by atoms with van der Waals surface area (Å²) in [5.74, 6) is 0.502. The molecule has 2 N–H and O–H groups in total. The van der Waals surface area contributed by atoms with Crippen LogP contribution in [0.5, 0.6) is 5.75 Å². The van der Waals surface area contributed by atoms with Crippen molar-refractivity contribution < 1.29 is 9.53 Å². The summed E-state index contributed by atoms with van der Waals surface area (Å²) in [5, 5.41) is 24.2. The number of nitrogens with zero attached hydrogens (tertiary/aromatic N) is 3.